The van der Waals surface area contributed by atoms with Crippen molar-refractivity contribution in [2.45, 2.75) is 6.04 Å². The van der Waals surface area contributed by atoms with Crippen molar-refractivity contribution in [1.29, 1.82) is 0 Å². The van der Waals surface area contributed by atoms with Gasteiger partial charge in [0, 0.05) is 19.3 Å². The average Bonchev–Trinajstić information content (AvgIpc) is 2.97. The molecule has 0 saturated carbocycles. The number of hydrogen-bond acceptors (Lipinski definition) is 5. The highest BCUT2D eigenvalue weighted by molar-refractivity contribution is 7.17. The molecule has 0 amide bonds. The number of pyridine rings is 1. The van der Waals surface area contributed by atoms with E-state index in [9.17, 15) is 0 Å². The molecule has 1 aliphatic heterocycles. The normalized spacial score (nSPS) is 16.1. The maximum atomic E-state index is 4.37. The zero-order valence-electron chi connectivity index (χ0n) is 9.60. The van der Waals surface area contributed by atoms with Crippen LogP contribution < -0.4 is 4.90 Å². The highest BCUT2D eigenvalue weighted by Crippen LogP contribution is 2.34. The van der Waals surface area contributed by atoms with E-state index in [2.05, 4.69) is 37.6 Å². The second kappa shape index (κ2) is 3.78. The second-order valence-electron chi connectivity index (χ2n) is 4.37. The van der Waals surface area contributed by atoms with Gasteiger partial charge >= 0.3 is 0 Å². The van der Waals surface area contributed by atoms with E-state index in [1.807, 2.05) is 6.20 Å². The van der Waals surface area contributed by atoms with Crippen LogP contribution in [0.2, 0.25) is 0 Å². The standard InChI is InChI=1S/C12H11N5S/c1-3-13-10-2-6-18-12(10)11(1)16-7-9(8-16)17-14-4-5-15-17/h1-6,9H,7-8H2. The van der Waals surface area contributed by atoms with E-state index >= 15 is 0 Å². The van der Waals surface area contributed by atoms with Crippen LogP contribution in [0.15, 0.2) is 36.1 Å². The summed E-state index contributed by atoms with van der Waals surface area (Å²) in [5, 5.41) is 10.5. The number of aromatic nitrogens is 4. The van der Waals surface area contributed by atoms with Gasteiger partial charge in [0.15, 0.2) is 0 Å². The Labute approximate surface area is 108 Å². The van der Waals surface area contributed by atoms with Crippen LogP contribution in [0.25, 0.3) is 10.2 Å². The number of hydrogen-bond donors (Lipinski definition) is 0. The molecule has 0 unspecified atom stereocenters. The van der Waals surface area contributed by atoms with Crippen molar-refractivity contribution >= 4 is 27.2 Å². The molecule has 1 fully saturated rings. The molecular formula is C12H11N5S. The van der Waals surface area contributed by atoms with E-state index in [-0.39, 0.29) is 0 Å². The minimum Gasteiger partial charge on any atom is -0.366 e. The Hall–Kier alpha value is -1.95. The lowest BCUT2D eigenvalue weighted by molar-refractivity contribution is 0.333. The van der Waals surface area contributed by atoms with Gasteiger partial charge < -0.3 is 4.90 Å². The van der Waals surface area contributed by atoms with E-state index in [1.54, 1.807) is 28.5 Å². The lowest BCUT2D eigenvalue weighted by Crippen LogP contribution is -2.48. The van der Waals surface area contributed by atoms with Crippen molar-refractivity contribution < 1.29 is 0 Å². The monoisotopic (exact) mass is 257 g/mol. The zero-order valence-corrected chi connectivity index (χ0v) is 10.4. The van der Waals surface area contributed by atoms with Crippen LogP contribution >= 0.6 is 11.3 Å². The summed E-state index contributed by atoms with van der Waals surface area (Å²) in [4.78, 5) is 8.52. The van der Waals surface area contributed by atoms with Crippen molar-refractivity contribution in [1.82, 2.24) is 20.0 Å². The number of anilines is 1. The molecule has 3 aromatic heterocycles. The van der Waals surface area contributed by atoms with Gasteiger partial charge in [0.05, 0.1) is 28.3 Å². The number of fused-ring (bicyclic) bond motifs is 1. The first-order valence-corrected chi connectivity index (χ1v) is 6.73. The number of nitrogens with zero attached hydrogens (tertiary/aromatic N) is 5. The van der Waals surface area contributed by atoms with Gasteiger partial charge in [-0.1, -0.05) is 0 Å². The third-order valence-corrected chi connectivity index (χ3v) is 4.22. The maximum absolute atomic E-state index is 4.37. The molecule has 0 aliphatic carbocycles. The summed E-state index contributed by atoms with van der Waals surface area (Å²) in [5.41, 5.74) is 2.36. The molecular weight excluding hydrogens is 246 g/mol. The van der Waals surface area contributed by atoms with Crippen LogP contribution in [-0.2, 0) is 0 Å². The van der Waals surface area contributed by atoms with Crippen LogP contribution in [0.1, 0.15) is 6.04 Å². The second-order valence-corrected chi connectivity index (χ2v) is 5.29. The summed E-state index contributed by atoms with van der Waals surface area (Å²) in [5.74, 6) is 0. The Morgan fingerprint density at radius 3 is 2.78 bits per heavy atom. The third-order valence-electron chi connectivity index (χ3n) is 3.29. The summed E-state index contributed by atoms with van der Waals surface area (Å²) >= 11 is 1.75. The van der Waals surface area contributed by atoms with Gasteiger partial charge in [-0.05, 0) is 17.5 Å². The van der Waals surface area contributed by atoms with Crippen molar-refractivity contribution in [3.63, 3.8) is 0 Å². The minimum atomic E-state index is 0.392. The van der Waals surface area contributed by atoms with Crippen LogP contribution in [0.5, 0.6) is 0 Å². The number of thiophene rings is 1. The smallest absolute Gasteiger partial charge is 0.106 e. The van der Waals surface area contributed by atoms with Crippen molar-refractivity contribution in [3.05, 3.63) is 36.1 Å². The Balaban J connectivity index is 1.61. The summed E-state index contributed by atoms with van der Waals surface area (Å²) in [6, 6.07) is 4.55. The lowest BCUT2D eigenvalue weighted by Gasteiger charge is -2.40. The summed E-state index contributed by atoms with van der Waals surface area (Å²) in [6.45, 7) is 1.93. The van der Waals surface area contributed by atoms with Crippen LogP contribution in [0.4, 0.5) is 5.69 Å². The first-order chi connectivity index (χ1) is 8.92. The van der Waals surface area contributed by atoms with Gasteiger partial charge in [-0.2, -0.15) is 15.0 Å². The predicted molar refractivity (Wildman–Crippen MR) is 70.9 cm³/mol. The molecule has 90 valence electrons. The molecule has 4 rings (SSSR count). The van der Waals surface area contributed by atoms with E-state index in [4.69, 9.17) is 0 Å². The zero-order chi connectivity index (χ0) is 11.9. The molecule has 5 nitrogen and oxygen atoms in total. The molecule has 0 atom stereocenters. The highest BCUT2D eigenvalue weighted by Gasteiger charge is 2.30. The van der Waals surface area contributed by atoms with Crippen molar-refractivity contribution in [2.75, 3.05) is 18.0 Å². The molecule has 3 aromatic rings. The van der Waals surface area contributed by atoms with Crippen LogP contribution in [0, 0.1) is 0 Å². The number of rotatable bonds is 2. The summed E-state index contributed by atoms with van der Waals surface area (Å²) < 4.78 is 1.27. The van der Waals surface area contributed by atoms with E-state index in [1.165, 1.54) is 10.4 Å². The molecule has 0 spiro atoms. The van der Waals surface area contributed by atoms with Crippen LogP contribution in [0.3, 0.4) is 0 Å². The van der Waals surface area contributed by atoms with Crippen LogP contribution in [-0.4, -0.2) is 33.1 Å². The molecule has 0 bridgehead atoms. The molecule has 18 heavy (non-hydrogen) atoms. The van der Waals surface area contributed by atoms with E-state index in [0.29, 0.717) is 6.04 Å². The van der Waals surface area contributed by atoms with Crippen molar-refractivity contribution in [2.24, 2.45) is 0 Å². The highest BCUT2D eigenvalue weighted by atomic mass is 32.1. The minimum absolute atomic E-state index is 0.392. The van der Waals surface area contributed by atoms with Gasteiger partial charge in [-0.15, -0.1) is 11.3 Å². The molecule has 4 heterocycles. The molecule has 6 heteroatoms. The Kier molecular flexibility index (Phi) is 2.10. The van der Waals surface area contributed by atoms with Gasteiger partial charge in [0.25, 0.3) is 0 Å². The SMILES string of the molecule is c1cc(N2CC(n3nccn3)C2)c2sccc2n1. The van der Waals surface area contributed by atoms with E-state index < -0.39 is 0 Å². The molecule has 0 N–H and O–H groups in total. The Bertz CT molecular complexity index is 669. The maximum Gasteiger partial charge on any atom is 0.106 e. The van der Waals surface area contributed by atoms with Gasteiger partial charge in [-0.25, -0.2) is 0 Å². The Morgan fingerprint density at radius 1 is 1.11 bits per heavy atom. The van der Waals surface area contributed by atoms with Gasteiger partial charge in [0.2, 0.25) is 0 Å². The molecule has 0 aromatic carbocycles. The van der Waals surface area contributed by atoms with E-state index in [0.717, 1.165) is 18.6 Å². The lowest BCUT2D eigenvalue weighted by atomic mass is 10.1. The fourth-order valence-corrected chi connectivity index (χ4v) is 3.21. The predicted octanol–water partition coefficient (Wildman–Crippen LogP) is 1.95. The fraction of sp³-hybridized carbons (Fsp3) is 0.250. The summed E-state index contributed by atoms with van der Waals surface area (Å²) in [6.07, 6.45) is 5.34. The third kappa shape index (κ3) is 1.42. The Morgan fingerprint density at radius 2 is 1.94 bits per heavy atom. The largest absolute Gasteiger partial charge is 0.366 e. The fourth-order valence-electron chi connectivity index (χ4n) is 2.32. The first-order valence-electron chi connectivity index (χ1n) is 5.85. The van der Waals surface area contributed by atoms with Gasteiger partial charge in [0.1, 0.15) is 6.04 Å². The molecule has 1 saturated heterocycles. The molecule has 1 aliphatic rings. The van der Waals surface area contributed by atoms with Crippen molar-refractivity contribution in [3.8, 4) is 0 Å². The van der Waals surface area contributed by atoms with Gasteiger partial charge in [-0.3, -0.25) is 4.98 Å². The summed E-state index contributed by atoms with van der Waals surface area (Å²) in [7, 11) is 0. The molecule has 0 radical (unpaired) electrons. The first kappa shape index (κ1) is 10.0. The topological polar surface area (TPSA) is 46.8 Å². The average molecular weight is 257 g/mol. The quantitative estimate of drug-likeness (QED) is 0.704.